The van der Waals surface area contributed by atoms with Crippen LogP contribution in [0.2, 0.25) is 0 Å². The number of anilines is 2. The molecule has 7 nitrogen and oxygen atoms in total. The van der Waals surface area contributed by atoms with E-state index in [4.69, 9.17) is 14.7 Å². The van der Waals surface area contributed by atoms with Gasteiger partial charge in [-0.05, 0) is 68.0 Å². The predicted molar refractivity (Wildman–Crippen MR) is 149 cm³/mol. The molecule has 1 aliphatic carbocycles. The summed E-state index contributed by atoms with van der Waals surface area (Å²) in [4.78, 5) is 24.5. The number of carbonyl (C=O) groups is 1. The van der Waals surface area contributed by atoms with Crippen LogP contribution in [0.4, 0.5) is 11.8 Å². The average Bonchev–Trinajstić information content (AvgIpc) is 2.93. The molecular weight excluding hydrogens is 462 g/mol. The zero-order valence-corrected chi connectivity index (χ0v) is 21.4. The number of benzene rings is 3. The summed E-state index contributed by atoms with van der Waals surface area (Å²) < 4.78 is 5.96. The third-order valence-corrected chi connectivity index (χ3v) is 6.84. The number of nitrogens with zero attached hydrogens (tertiary/aromatic N) is 3. The quantitative estimate of drug-likeness (QED) is 0.317. The van der Waals surface area contributed by atoms with Crippen LogP contribution in [0, 0.1) is 5.92 Å². The highest BCUT2D eigenvalue weighted by Gasteiger charge is 2.23. The van der Waals surface area contributed by atoms with Gasteiger partial charge in [-0.15, -0.1) is 0 Å². The Kier molecular flexibility index (Phi) is 7.49. The molecule has 37 heavy (non-hydrogen) atoms. The average molecular weight is 496 g/mol. The molecule has 0 atom stereocenters. The molecule has 190 valence electrons. The molecule has 1 heterocycles. The van der Waals surface area contributed by atoms with Crippen molar-refractivity contribution in [3.05, 3.63) is 84.4 Å². The minimum Gasteiger partial charge on any atom is -0.457 e. The van der Waals surface area contributed by atoms with Crippen LogP contribution in [-0.2, 0) is 0 Å². The fraction of sp³-hybridized carbons (Fsp3) is 0.300. The van der Waals surface area contributed by atoms with E-state index in [-0.39, 0.29) is 5.91 Å². The van der Waals surface area contributed by atoms with Crippen LogP contribution in [-0.4, -0.2) is 42.6 Å². The second-order valence-electron chi connectivity index (χ2n) is 9.77. The summed E-state index contributed by atoms with van der Waals surface area (Å²) in [5.74, 6) is 3.20. The van der Waals surface area contributed by atoms with E-state index in [0.717, 1.165) is 42.4 Å². The minimum atomic E-state index is -0.104. The molecule has 2 N–H and O–H groups in total. The first kappa shape index (κ1) is 24.6. The van der Waals surface area contributed by atoms with E-state index in [1.54, 1.807) is 6.07 Å². The van der Waals surface area contributed by atoms with E-state index in [1.165, 1.54) is 0 Å². The summed E-state index contributed by atoms with van der Waals surface area (Å²) >= 11 is 0. The van der Waals surface area contributed by atoms with Crippen LogP contribution >= 0.6 is 0 Å². The normalized spacial score (nSPS) is 17.2. The first-order valence-electron chi connectivity index (χ1n) is 12.9. The first-order valence-corrected chi connectivity index (χ1v) is 12.9. The Balaban J connectivity index is 1.15. The molecule has 7 heteroatoms. The minimum absolute atomic E-state index is 0.104. The first-order chi connectivity index (χ1) is 18.1. The molecule has 0 spiro atoms. The lowest BCUT2D eigenvalue weighted by molar-refractivity contribution is 0.0941. The van der Waals surface area contributed by atoms with Gasteiger partial charge < -0.3 is 20.3 Å². The molecule has 0 bridgehead atoms. The van der Waals surface area contributed by atoms with E-state index in [2.05, 4.69) is 16.7 Å². The van der Waals surface area contributed by atoms with Gasteiger partial charge in [0.2, 0.25) is 5.95 Å². The van der Waals surface area contributed by atoms with Crippen LogP contribution in [0.15, 0.2) is 78.9 Å². The second-order valence-corrected chi connectivity index (χ2v) is 9.77. The van der Waals surface area contributed by atoms with Crippen molar-refractivity contribution in [2.75, 3.05) is 30.9 Å². The van der Waals surface area contributed by atoms with Gasteiger partial charge in [-0.25, -0.2) is 4.98 Å². The van der Waals surface area contributed by atoms with E-state index < -0.39 is 0 Å². The van der Waals surface area contributed by atoms with E-state index in [1.807, 2.05) is 85.7 Å². The van der Waals surface area contributed by atoms with Crippen LogP contribution in [0.5, 0.6) is 11.5 Å². The Bertz CT molecular complexity index is 1350. The number of ether oxygens (including phenoxy) is 1. The van der Waals surface area contributed by atoms with Crippen molar-refractivity contribution < 1.29 is 9.53 Å². The van der Waals surface area contributed by atoms with Gasteiger partial charge in [0.15, 0.2) is 0 Å². The highest BCUT2D eigenvalue weighted by Crippen LogP contribution is 2.29. The van der Waals surface area contributed by atoms with Gasteiger partial charge in [-0.1, -0.05) is 42.5 Å². The fourth-order valence-electron chi connectivity index (χ4n) is 4.85. The summed E-state index contributed by atoms with van der Waals surface area (Å²) in [6, 6.07) is 25.3. The molecule has 0 aliphatic heterocycles. The Morgan fingerprint density at radius 1 is 0.892 bits per heavy atom. The summed E-state index contributed by atoms with van der Waals surface area (Å²) in [6.45, 7) is 0.655. The lowest BCUT2D eigenvalue weighted by Gasteiger charge is -2.29. The second kappa shape index (κ2) is 11.3. The molecule has 4 aromatic rings. The molecule has 0 unspecified atom stereocenters. The van der Waals surface area contributed by atoms with Crippen molar-refractivity contribution in [3.8, 4) is 11.5 Å². The molecule has 1 saturated carbocycles. The Hall–Kier alpha value is -4.13. The molecule has 1 amide bonds. The van der Waals surface area contributed by atoms with Crippen molar-refractivity contribution in [1.29, 1.82) is 0 Å². The van der Waals surface area contributed by atoms with Gasteiger partial charge in [-0.3, -0.25) is 4.79 Å². The molecule has 1 aromatic heterocycles. The maximum Gasteiger partial charge on any atom is 0.255 e. The van der Waals surface area contributed by atoms with Crippen molar-refractivity contribution in [3.63, 3.8) is 0 Å². The predicted octanol–water partition coefficient (Wildman–Crippen LogP) is 5.89. The fourth-order valence-corrected chi connectivity index (χ4v) is 4.85. The zero-order chi connectivity index (χ0) is 25.6. The number of aromatic nitrogens is 2. The van der Waals surface area contributed by atoms with Crippen LogP contribution in [0.1, 0.15) is 36.0 Å². The lowest BCUT2D eigenvalue weighted by Crippen LogP contribution is -2.34. The maximum atomic E-state index is 13.0. The van der Waals surface area contributed by atoms with Crippen molar-refractivity contribution in [1.82, 2.24) is 15.3 Å². The van der Waals surface area contributed by atoms with Crippen LogP contribution in [0.25, 0.3) is 10.9 Å². The Morgan fingerprint density at radius 2 is 1.59 bits per heavy atom. The standard InChI is InChI=1S/C30H33N5O2/c1-35(2)28-24-12-6-8-14-26(24)33-30(34-28)32-22-18-16-21(17-19-22)20-31-29(36)25-13-7-9-15-27(25)37-23-10-4-3-5-11-23/h3-15,21-22H,16-20H2,1-2H3,(H,31,36)(H,32,33,34). The SMILES string of the molecule is CN(C)c1nc(NC2CCC(CNC(=O)c3ccccc3Oc3ccccc3)CC2)nc2ccccc12. The number of hydrogen-bond donors (Lipinski definition) is 2. The van der Waals surface area contributed by atoms with Gasteiger partial charge in [-0.2, -0.15) is 4.98 Å². The molecular formula is C30H33N5O2. The van der Waals surface area contributed by atoms with Gasteiger partial charge in [0.25, 0.3) is 5.91 Å². The van der Waals surface area contributed by atoms with E-state index >= 15 is 0 Å². The van der Waals surface area contributed by atoms with E-state index in [9.17, 15) is 4.79 Å². The van der Waals surface area contributed by atoms with Gasteiger partial charge in [0.1, 0.15) is 17.3 Å². The lowest BCUT2D eigenvalue weighted by atomic mass is 9.86. The molecule has 1 fully saturated rings. The summed E-state index contributed by atoms with van der Waals surface area (Å²) in [6.07, 6.45) is 4.10. The summed E-state index contributed by atoms with van der Waals surface area (Å²) in [5, 5.41) is 7.74. The number of para-hydroxylation sites is 3. The topological polar surface area (TPSA) is 79.4 Å². The number of rotatable bonds is 8. The molecule has 3 aromatic carbocycles. The third kappa shape index (κ3) is 6.00. The monoisotopic (exact) mass is 495 g/mol. The summed E-state index contributed by atoms with van der Waals surface area (Å²) in [7, 11) is 4.01. The number of carbonyl (C=O) groups excluding carboxylic acids is 1. The van der Waals surface area contributed by atoms with Crippen molar-refractivity contribution >= 4 is 28.6 Å². The largest absolute Gasteiger partial charge is 0.457 e. The molecule has 5 rings (SSSR count). The molecule has 0 saturated heterocycles. The highest BCUT2D eigenvalue weighted by atomic mass is 16.5. The highest BCUT2D eigenvalue weighted by molar-refractivity contribution is 5.97. The zero-order valence-electron chi connectivity index (χ0n) is 21.4. The number of amides is 1. The number of nitrogens with one attached hydrogen (secondary N) is 2. The van der Waals surface area contributed by atoms with Gasteiger partial charge in [0.05, 0.1) is 11.1 Å². The van der Waals surface area contributed by atoms with Crippen LogP contribution < -0.4 is 20.3 Å². The summed E-state index contributed by atoms with van der Waals surface area (Å²) in [5.41, 5.74) is 1.49. The molecule has 0 radical (unpaired) electrons. The molecule has 1 aliphatic rings. The smallest absolute Gasteiger partial charge is 0.255 e. The Morgan fingerprint density at radius 3 is 2.38 bits per heavy atom. The van der Waals surface area contributed by atoms with Crippen molar-refractivity contribution in [2.45, 2.75) is 31.7 Å². The van der Waals surface area contributed by atoms with Crippen LogP contribution in [0.3, 0.4) is 0 Å². The van der Waals surface area contributed by atoms with Gasteiger partial charge in [0, 0.05) is 32.1 Å². The van der Waals surface area contributed by atoms with Crippen molar-refractivity contribution in [2.24, 2.45) is 5.92 Å². The maximum absolute atomic E-state index is 13.0. The number of hydrogen-bond acceptors (Lipinski definition) is 6. The number of fused-ring (bicyclic) bond motifs is 1. The van der Waals surface area contributed by atoms with E-state index in [0.29, 0.717) is 41.5 Å². The van der Waals surface area contributed by atoms with Gasteiger partial charge >= 0.3 is 0 Å². The third-order valence-electron chi connectivity index (χ3n) is 6.84. The Labute approximate surface area is 217 Å².